The van der Waals surface area contributed by atoms with Crippen molar-refractivity contribution in [1.29, 1.82) is 0 Å². The van der Waals surface area contributed by atoms with Gasteiger partial charge in [-0.25, -0.2) is 0 Å². The molecular weight excluding hydrogens is 202 g/mol. The molecule has 0 aliphatic heterocycles. The quantitative estimate of drug-likeness (QED) is 0.714. The van der Waals surface area contributed by atoms with Crippen LogP contribution in [0.1, 0.15) is 24.2 Å². The average Bonchev–Trinajstić information content (AvgIpc) is 2.16. The zero-order valence-corrected chi connectivity index (χ0v) is 10.4. The Hall–Kier alpha value is -1.35. The van der Waals surface area contributed by atoms with Crippen LogP contribution < -0.4 is 4.74 Å². The van der Waals surface area contributed by atoms with E-state index in [0.29, 0.717) is 5.56 Å². The van der Waals surface area contributed by atoms with Gasteiger partial charge >= 0.3 is 0 Å². The highest BCUT2D eigenvalue weighted by atomic mass is 16.5. The maximum Gasteiger partial charge on any atom is 0.159 e. The Morgan fingerprint density at radius 2 is 1.88 bits per heavy atom. The van der Waals surface area contributed by atoms with Gasteiger partial charge in [0, 0.05) is 12.1 Å². The van der Waals surface area contributed by atoms with Crippen molar-refractivity contribution in [1.82, 2.24) is 4.90 Å². The predicted molar refractivity (Wildman–Crippen MR) is 65.1 cm³/mol. The second-order valence-electron chi connectivity index (χ2n) is 4.27. The molecule has 1 aromatic carbocycles. The van der Waals surface area contributed by atoms with Crippen molar-refractivity contribution >= 4 is 5.78 Å². The number of ketones is 1. The van der Waals surface area contributed by atoms with Crippen molar-refractivity contribution in [3.8, 4) is 5.75 Å². The smallest absolute Gasteiger partial charge is 0.159 e. The lowest BCUT2D eigenvalue weighted by Gasteiger charge is -2.18. The highest BCUT2D eigenvalue weighted by Gasteiger charge is 2.05. The summed E-state index contributed by atoms with van der Waals surface area (Å²) in [6.45, 7) is 4.46. The maximum absolute atomic E-state index is 11.1. The number of likely N-dealkylation sites (N-methyl/N-ethyl adjacent to an activating group) is 1. The van der Waals surface area contributed by atoms with Crippen LogP contribution in [0.15, 0.2) is 24.3 Å². The number of benzene rings is 1. The summed E-state index contributed by atoms with van der Waals surface area (Å²) < 4.78 is 5.71. The molecule has 3 heteroatoms. The molecule has 0 heterocycles. The van der Waals surface area contributed by atoms with Gasteiger partial charge in [0.05, 0.1) is 0 Å². The molecule has 0 aliphatic carbocycles. The number of hydrogen-bond acceptors (Lipinski definition) is 3. The Balaban J connectivity index is 2.58. The monoisotopic (exact) mass is 221 g/mol. The fourth-order valence-corrected chi connectivity index (χ4v) is 1.55. The molecule has 16 heavy (non-hydrogen) atoms. The summed E-state index contributed by atoms with van der Waals surface area (Å²) in [5.74, 6) is 0.882. The Morgan fingerprint density at radius 1 is 1.31 bits per heavy atom. The lowest BCUT2D eigenvalue weighted by Crippen LogP contribution is -2.27. The highest BCUT2D eigenvalue weighted by molar-refractivity contribution is 5.94. The minimum atomic E-state index is 0.0767. The molecule has 0 aliphatic rings. The molecule has 0 spiro atoms. The van der Waals surface area contributed by atoms with Crippen LogP contribution >= 0.6 is 0 Å². The third-order valence-electron chi connectivity index (χ3n) is 2.22. The van der Waals surface area contributed by atoms with Gasteiger partial charge in [0.15, 0.2) is 5.78 Å². The number of hydrogen-bond donors (Lipinski definition) is 0. The summed E-state index contributed by atoms with van der Waals surface area (Å²) in [6.07, 6.45) is 0.137. The second-order valence-corrected chi connectivity index (χ2v) is 4.27. The first-order valence-corrected chi connectivity index (χ1v) is 5.41. The fraction of sp³-hybridized carbons (Fsp3) is 0.462. The second kappa shape index (κ2) is 5.66. The summed E-state index contributed by atoms with van der Waals surface area (Å²) in [5, 5.41) is 0. The van der Waals surface area contributed by atoms with E-state index >= 15 is 0 Å². The summed E-state index contributed by atoms with van der Waals surface area (Å²) in [7, 11) is 4.03. The van der Waals surface area contributed by atoms with Crippen LogP contribution in [0.5, 0.6) is 5.75 Å². The van der Waals surface area contributed by atoms with Crippen LogP contribution in [0.25, 0.3) is 0 Å². The van der Waals surface area contributed by atoms with Crippen LogP contribution in [0, 0.1) is 0 Å². The highest BCUT2D eigenvalue weighted by Crippen LogP contribution is 2.14. The van der Waals surface area contributed by atoms with Gasteiger partial charge in [-0.15, -0.1) is 0 Å². The molecule has 1 atom stereocenters. The standard InChI is InChI=1S/C13H19NO2/c1-10(9-14(3)4)16-13-7-5-12(6-8-13)11(2)15/h5-8,10H,9H2,1-4H3/t10-/m0/s1. The summed E-state index contributed by atoms with van der Waals surface area (Å²) in [5.41, 5.74) is 0.715. The van der Waals surface area contributed by atoms with Crippen molar-refractivity contribution in [2.24, 2.45) is 0 Å². The molecule has 0 N–H and O–H groups in total. The van der Waals surface area contributed by atoms with Crippen molar-refractivity contribution in [3.63, 3.8) is 0 Å². The molecule has 88 valence electrons. The zero-order chi connectivity index (χ0) is 12.1. The first kappa shape index (κ1) is 12.7. The minimum absolute atomic E-state index is 0.0767. The van der Waals surface area contributed by atoms with Crippen molar-refractivity contribution < 1.29 is 9.53 Å². The van der Waals surface area contributed by atoms with Crippen molar-refractivity contribution in [2.75, 3.05) is 20.6 Å². The predicted octanol–water partition coefficient (Wildman–Crippen LogP) is 2.22. The average molecular weight is 221 g/mol. The van der Waals surface area contributed by atoms with Crippen LogP contribution in [0.3, 0.4) is 0 Å². The SMILES string of the molecule is CC(=O)c1ccc(O[C@@H](C)CN(C)C)cc1. The van der Waals surface area contributed by atoms with Gasteiger partial charge in [0.25, 0.3) is 0 Å². The molecule has 1 aromatic rings. The van der Waals surface area contributed by atoms with E-state index in [2.05, 4.69) is 4.90 Å². The molecule has 0 aromatic heterocycles. The van der Waals surface area contributed by atoms with E-state index in [0.717, 1.165) is 12.3 Å². The van der Waals surface area contributed by atoms with Crippen molar-refractivity contribution in [3.05, 3.63) is 29.8 Å². The molecule has 0 bridgehead atoms. The Labute approximate surface area is 97.0 Å². The number of carbonyl (C=O) groups is 1. The van der Waals surface area contributed by atoms with Gasteiger partial charge in [-0.1, -0.05) is 0 Å². The van der Waals surface area contributed by atoms with Gasteiger partial charge in [0.1, 0.15) is 11.9 Å². The maximum atomic E-state index is 11.1. The van der Waals surface area contributed by atoms with Crippen molar-refractivity contribution in [2.45, 2.75) is 20.0 Å². The van der Waals surface area contributed by atoms with E-state index < -0.39 is 0 Å². The number of ether oxygens (including phenoxy) is 1. The van der Waals surface area contributed by atoms with Gasteiger partial charge in [0.2, 0.25) is 0 Å². The zero-order valence-electron chi connectivity index (χ0n) is 10.4. The first-order chi connectivity index (χ1) is 7.49. The molecule has 1 rings (SSSR count). The van der Waals surface area contributed by atoms with E-state index in [4.69, 9.17) is 4.74 Å². The third kappa shape index (κ3) is 4.03. The molecule has 0 unspecified atom stereocenters. The lowest BCUT2D eigenvalue weighted by molar-refractivity contribution is 0.101. The molecule has 0 saturated heterocycles. The number of nitrogens with zero attached hydrogens (tertiary/aromatic N) is 1. The molecule has 0 radical (unpaired) electrons. The lowest BCUT2D eigenvalue weighted by atomic mass is 10.1. The van der Waals surface area contributed by atoms with Gasteiger partial charge < -0.3 is 9.64 Å². The van der Waals surface area contributed by atoms with Crippen LogP contribution in [-0.2, 0) is 0 Å². The molecule has 0 fully saturated rings. The molecule has 3 nitrogen and oxygen atoms in total. The minimum Gasteiger partial charge on any atom is -0.489 e. The van der Waals surface area contributed by atoms with E-state index in [9.17, 15) is 4.79 Å². The third-order valence-corrected chi connectivity index (χ3v) is 2.22. The summed E-state index contributed by atoms with van der Waals surface area (Å²) in [6, 6.07) is 7.26. The largest absolute Gasteiger partial charge is 0.489 e. The molecular formula is C13H19NO2. The summed E-state index contributed by atoms with van der Waals surface area (Å²) in [4.78, 5) is 13.2. The van der Waals surface area contributed by atoms with E-state index in [1.54, 1.807) is 19.1 Å². The topological polar surface area (TPSA) is 29.5 Å². The van der Waals surface area contributed by atoms with E-state index in [1.165, 1.54) is 0 Å². The van der Waals surface area contributed by atoms with Crippen LogP contribution in [0.2, 0.25) is 0 Å². The molecule has 0 amide bonds. The molecule has 0 saturated carbocycles. The van der Waals surface area contributed by atoms with E-state index in [-0.39, 0.29) is 11.9 Å². The van der Waals surface area contributed by atoms with Crippen LogP contribution in [-0.4, -0.2) is 37.4 Å². The first-order valence-electron chi connectivity index (χ1n) is 5.41. The number of carbonyl (C=O) groups excluding carboxylic acids is 1. The Kier molecular flexibility index (Phi) is 4.50. The van der Waals surface area contributed by atoms with Gasteiger partial charge in [-0.3, -0.25) is 4.79 Å². The summed E-state index contributed by atoms with van der Waals surface area (Å²) >= 11 is 0. The van der Waals surface area contributed by atoms with Gasteiger partial charge in [-0.05, 0) is 52.2 Å². The number of rotatable bonds is 5. The fourth-order valence-electron chi connectivity index (χ4n) is 1.55. The van der Waals surface area contributed by atoms with Crippen LogP contribution in [0.4, 0.5) is 0 Å². The Bertz CT molecular complexity index is 343. The Morgan fingerprint density at radius 3 is 2.31 bits per heavy atom. The normalized spacial score (nSPS) is 12.6. The number of Topliss-reactive ketones (excluding diaryl/α,β-unsaturated/α-hetero) is 1. The van der Waals surface area contributed by atoms with E-state index in [1.807, 2.05) is 33.2 Å². The van der Waals surface area contributed by atoms with Gasteiger partial charge in [-0.2, -0.15) is 0 Å².